The number of anilines is 2. The summed E-state index contributed by atoms with van der Waals surface area (Å²) in [5.41, 5.74) is 4.41. The van der Waals surface area contributed by atoms with E-state index < -0.39 is 0 Å². The van der Waals surface area contributed by atoms with Crippen molar-refractivity contribution >= 4 is 17.5 Å². The van der Waals surface area contributed by atoms with E-state index in [4.69, 9.17) is 0 Å². The van der Waals surface area contributed by atoms with Gasteiger partial charge in [0.05, 0.1) is 0 Å². The Morgan fingerprint density at radius 3 is 2.81 bits per heavy atom. The molecule has 0 spiro atoms. The summed E-state index contributed by atoms with van der Waals surface area (Å²) in [7, 11) is 0. The number of benzene rings is 1. The van der Waals surface area contributed by atoms with Crippen molar-refractivity contribution in [2.75, 3.05) is 16.8 Å². The molecule has 1 N–H and O–H groups in total. The number of nitrogens with one attached hydrogen (secondary N) is 1. The summed E-state index contributed by atoms with van der Waals surface area (Å²) in [5, 5.41) is 3.19. The second kappa shape index (κ2) is 6.92. The van der Waals surface area contributed by atoms with E-state index in [1.54, 1.807) is 23.4 Å². The normalized spacial score (nSPS) is 12.7. The van der Waals surface area contributed by atoms with Gasteiger partial charge >= 0.3 is 0 Å². The zero-order valence-corrected chi connectivity index (χ0v) is 14.5. The quantitative estimate of drug-likeness (QED) is 0.787. The number of aryl methyl sites for hydroxylation is 1. The lowest BCUT2D eigenvalue weighted by Crippen LogP contribution is -2.30. The highest BCUT2D eigenvalue weighted by molar-refractivity contribution is 6.06. The Morgan fingerprint density at radius 1 is 1.15 bits per heavy atom. The fourth-order valence-electron chi connectivity index (χ4n) is 3.13. The van der Waals surface area contributed by atoms with Gasteiger partial charge in [-0.25, -0.2) is 9.97 Å². The highest BCUT2D eigenvalue weighted by Gasteiger charge is 2.26. The third-order valence-corrected chi connectivity index (χ3v) is 4.41. The molecule has 130 valence electrons. The molecule has 0 saturated heterocycles. The highest BCUT2D eigenvalue weighted by atomic mass is 16.2. The molecule has 1 aromatic carbocycles. The molecule has 3 heterocycles. The van der Waals surface area contributed by atoms with E-state index in [9.17, 15) is 4.79 Å². The molecule has 0 aliphatic carbocycles. The number of rotatable bonds is 4. The Hall–Kier alpha value is -3.28. The molecule has 1 aliphatic rings. The summed E-state index contributed by atoms with van der Waals surface area (Å²) < 4.78 is 0. The van der Waals surface area contributed by atoms with E-state index in [-0.39, 0.29) is 5.91 Å². The van der Waals surface area contributed by atoms with Gasteiger partial charge in [0.15, 0.2) is 0 Å². The van der Waals surface area contributed by atoms with Crippen LogP contribution in [0.2, 0.25) is 0 Å². The van der Waals surface area contributed by atoms with Crippen LogP contribution in [0, 0.1) is 6.92 Å². The lowest BCUT2D eigenvalue weighted by atomic mass is 10.2. The van der Waals surface area contributed by atoms with Crippen molar-refractivity contribution < 1.29 is 4.79 Å². The fraction of sp³-hybridized carbons (Fsp3) is 0.200. The first-order valence-corrected chi connectivity index (χ1v) is 8.59. The Labute approximate surface area is 151 Å². The minimum atomic E-state index is -0.0904. The van der Waals surface area contributed by atoms with Crippen LogP contribution in [0.1, 0.15) is 27.3 Å². The molecule has 0 radical (unpaired) electrons. The summed E-state index contributed by atoms with van der Waals surface area (Å²) in [6.07, 6.45) is 4.36. The number of carbonyl (C=O) groups is 1. The number of hydrogen-bond donors (Lipinski definition) is 1. The van der Waals surface area contributed by atoms with Gasteiger partial charge in [-0.3, -0.25) is 9.78 Å². The van der Waals surface area contributed by atoms with Crippen molar-refractivity contribution in [3.8, 4) is 0 Å². The number of hydrogen-bond acceptors (Lipinski definition) is 5. The highest BCUT2D eigenvalue weighted by Crippen LogP contribution is 2.28. The largest absolute Gasteiger partial charge is 0.350 e. The molecule has 2 aromatic heterocycles. The van der Waals surface area contributed by atoms with Crippen LogP contribution in [-0.2, 0) is 13.0 Å². The summed E-state index contributed by atoms with van der Waals surface area (Å²) in [6, 6.07) is 13.6. The Morgan fingerprint density at radius 2 is 1.96 bits per heavy atom. The van der Waals surface area contributed by atoms with Gasteiger partial charge in [0.2, 0.25) is 5.95 Å². The monoisotopic (exact) mass is 345 g/mol. The van der Waals surface area contributed by atoms with Crippen LogP contribution < -0.4 is 10.2 Å². The second-order valence-corrected chi connectivity index (χ2v) is 6.26. The van der Waals surface area contributed by atoms with E-state index in [2.05, 4.69) is 26.3 Å². The van der Waals surface area contributed by atoms with Crippen molar-refractivity contribution in [1.82, 2.24) is 15.0 Å². The van der Waals surface area contributed by atoms with Crippen molar-refractivity contribution in [3.63, 3.8) is 0 Å². The van der Waals surface area contributed by atoms with Crippen LogP contribution >= 0.6 is 0 Å². The zero-order chi connectivity index (χ0) is 17.9. The van der Waals surface area contributed by atoms with Gasteiger partial charge in [-0.15, -0.1) is 0 Å². The van der Waals surface area contributed by atoms with Crippen LogP contribution in [0.3, 0.4) is 0 Å². The van der Waals surface area contributed by atoms with Crippen molar-refractivity contribution in [2.24, 2.45) is 0 Å². The molecule has 0 unspecified atom stereocenters. The smallest absolute Gasteiger partial charge is 0.277 e. The molecule has 0 atom stereocenters. The number of fused-ring (bicyclic) bond motifs is 1. The minimum absolute atomic E-state index is 0.0904. The SMILES string of the molecule is Cc1cc(C(=O)N2CCc3ccccc32)nc(NCc2ccncc2)n1. The molecule has 4 rings (SSSR count). The summed E-state index contributed by atoms with van der Waals surface area (Å²) in [5.74, 6) is 0.366. The van der Waals surface area contributed by atoms with E-state index in [0.29, 0.717) is 24.7 Å². The Bertz CT molecular complexity index is 942. The lowest BCUT2D eigenvalue weighted by Gasteiger charge is -2.17. The van der Waals surface area contributed by atoms with Gasteiger partial charge < -0.3 is 10.2 Å². The van der Waals surface area contributed by atoms with Crippen LogP contribution in [0.25, 0.3) is 0 Å². The number of aromatic nitrogens is 3. The molecule has 0 bridgehead atoms. The average molecular weight is 345 g/mol. The van der Waals surface area contributed by atoms with Crippen LogP contribution in [0.5, 0.6) is 0 Å². The fourth-order valence-corrected chi connectivity index (χ4v) is 3.13. The topological polar surface area (TPSA) is 71.0 Å². The molecule has 6 heteroatoms. The van der Waals surface area contributed by atoms with Crippen LogP contribution in [-0.4, -0.2) is 27.4 Å². The molecule has 26 heavy (non-hydrogen) atoms. The number of amides is 1. The van der Waals surface area contributed by atoms with Crippen molar-refractivity contribution in [2.45, 2.75) is 19.9 Å². The maximum atomic E-state index is 13.0. The lowest BCUT2D eigenvalue weighted by molar-refractivity contribution is 0.0984. The van der Waals surface area contributed by atoms with E-state index in [1.165, 1.54) is 5.56 Å². The molecule has 6 nitrogen and oxygen atoms in total. The van der Waals surface area contributed by atoms with Gasteiger partial charge in [-0.1, -0.05) is 18.2 Å². The molecule has 0 fully saturated rings. The maximum Gasteiger partial charge on any atom is 0.277 e. The van der Waals surface area contributed by atoms with E-state index in [0.717, 1.165) is 23.4 Å². The van der Waals surface area contributed by atoms with Gasteiger partial charge in [0.25, 0.3) is 5.91 Å². The average Bonchev–Trinajstić information content (AvgIpc) is 3.10. The number of pyridine rings is 1. The molecule has 3 aromatic rings. The van der Waals surface area contributed by atoms with Gasteiger partial charge in [-0.05, 0) is 48.7 Å². The first-order chi connectivity index (χ1) is 12.7. The first kappa shape index (κ1) is 16.2. The first-order valence-electron chi connectivity index (χ1n) is 8.59. The summed E-state index contributed by atoms with van der Waals surface area (Å²) in [6.45, 7) is 3.13. The summed E-state index contributed by atoms with van der Waals surface area (Å²) in [4.78, 5) is 27.6. The molecule has 0 saturated carbocycles. The standard InChI is InChI=1S/C20H19N5O/c1-14-12-17(19(26)25-11-8-16-4-2-3-5-18(16)25)24-20(23-14)22-13-15-6-9-21-10-7-15/h2-7,9-10,12H,8,11,13H2,1H3,(H,22,23,24). The third kappa shape index (κ3) is 3.26. The molecular formula is C20H19N5O. The van der Waals surface area contributed by atoms with Crippen molar-refractivity contribution in [1.29, 1.82) is 0 Å². The van der Waals surface area contributed by atoms with Crippen LogP contribution in [0.4, 0.5) is 11.6 Å². The predicted molar refractivity (Wildman–Crippen MR) is 100 cm³/mol. The van der Waals surface area contributed by atoms with Gasteiger partial charge in [0.1, 0.15) is 5.69 Å². The van der Waals surface area contributed by atoms with Crippen LogP contribution in [0.15, 0.2) is 54.9 Å². The molecule has 1 amide bonds. The number of carbonyl (C=O) groups excluding carboxylic acids is 1. The van der Waals surface area contributed by atoms with E-state index >= 15 is 0 Å². The Balaban J connectivity index is 1.55. The predicted octanol–water partition coefficient (Wildman–Crippen LogP) is 3.00. The maximum absolute atomic E-state index is 13.0. The minimum Gasteiger partial charge on any atom is -0.350 e. The third-order valence-electron chi connectivity index (χ3n) is 4.41. The molecular weight excluding hydrogens is 326 g/mol. The molecule has 1 aliphatic heterocycles. The number of nitrogens with zero attached hydrogens (tertiary/aromatic N) is 4. The zero-order valence-electron chi connectivity index (χ0n) is 14.5. The van der Waals surface area contributed by atoms with Gasteiger partial charge in [0, 0.05) is 36.9 Å². The summed E-state index contributed by atoms with van der Waals surface area (Å²) >= 11 is 0. The van der Waals surface area contributed by atoms with Gasteiger partial charge in [-0.2, -0.15) is 0 Å². The number of para-hydroxylation sites is 1. The second-order valence-electron chi connectivity index (χ2n) is 6.26. The van der Waals surface area contributed by atoms with E-state index in [1.807, 2.05) is 37.3 Å². The van der Waals surface area contributed by atoms with Crippen molar-refractivity contribution in [3.05, 3.63) is 77.4 Å². The Kier molecular flexibility index (Phi) is 4.31.